The minimum Gasteiger partial charge on any atom is -1.00 e. The number of phosphoric acid groups is 1. The van der Waals surface area contributed by atoms with Gasteiger partial charge in [-0.3, -0.25) is 4.52 Å². The van der Waals surface area contributed by atoms with Gasteiger partial charge in [-0.1, -0.05) is 71.1 Å². The normalized spacial score (nSPS) is 11.3. The molecule has 0 aromatic carbocycles. The van der Waals surface area contributed by atoms with E-state index in [9.17, 15) is 4.57 Å². The number of hydrogen-bond donors (Lipinski definition) is 2. The molecule has 0 aliphatic rings. The molecule has 0 fully saturated rings. The zero-order valence-corrected chi connectivity index (χ0v) is 15.5. The summed E-state index contributed by atoms with van der Waals surface area (Å²) in [5.41, 5.74) is 0. The predicted molar refractivity (Wildman–Crippen MR) is 75.6 cm³/mol. The molecule has 0 rings (SSSR count). The molecule has 0 spiro atoms. The first-order chi connectivity index (χ1) is 8.56. The molecule has 0 heterocycles. The summed E-state index contributed by atoms with van der Waals surface area (Å²) in [7, 11) is -4.25. The Kier molecular flexibility index (Phi) is 18.3. The quantitative estimate of drug-likeness (QED) is 0.308. The van der Waals surface area contributed by atoms with Crippen molar-refractivity contribution in [2.24, 2.45) is 0 Å². The van der Waals surface area contributed by atoms with Crippen LogP contribution in [0.1, 0.15) is 79.0 Å². The SMILES string of the molecule is CCCCCCCCCCCCCOP(=O)(O)O.[H-].[Na+]. The van der Waals surface area contributed by atoms with Crippen molar-refractivity contribution >= 4 is 7.82 Å². The molecule has 0 atom stereocenters. The van der Waals surface area contributed by atoms with Gasteiger partial charge in [0.05, 0.1) is 6.61 Å². The average molecular weight is 304 g/mol. The second-order valence-electron chi connectivity index (χ2n) is 4.86. The van der Waals surface area contributed by atoms with E-state index in [-0.39, 0.29) is 37.6 Å². The molecule has 112 valence electrons. The van der Waals surface area contributed by atoms with Gasteiger partial charge in [-0.15, -0.1) is 0 Å². The summed E-state index contributed by atoms with van der Waals surface area (Å²) in [5, 5.41) is 0. The summed E-state index contributed by atoms with van der Waals surface area (Å²) >= 11 is 0. The van der Waals surface area contributed by atoms with Gasteiger partial charge in [0.2, 0.25) is 0 Å². The Morgan fingerprint density at radius 1 is 0.842 bits per heavy atom. The Bertz CT molecular complexity index is 226. The molecular weight excluding hydrogens is 274 g/mol. The van der Waals surface area contributed by atoms with Gasteiger partial charge < -0.3 is 11.2 Å². The molecule has 0 aliphatic carbocycles. The Morgan fingerprint density at radius 2 is 1.21 bits per heavy atom. The van der Waals surface area contributed by atoms with E-state index in [1.165, 1.54) is 51.4 Å². The number of rotatable bonds is 13. The first kappa shape index (κ1) is 22.4. The monoisotopic (exact) mass is 304 g/mol. The van der Waals surface area contributed by atoms with Crippen LogP contribution in [0.5, 0.6) is 0 Å². The molecule has 19 heavy (non-hydrogen) atoms. The van der Waals surface area contributed by atoms with Gasteiger partial charge in [-0.25, -0.2) is 4.57 Å². The van der Waals surface area contributed by atoms with E-state index in [1.807, 2.05) is 0 Å². The van der Waals surface area contributed by atoms with Crippen LogP contribution in [0, 0.1) is 0 Å². The van der Waals surface area contributed by atoms with Crippen molar-refractivity contribution in [3.8, 4) is 0 Å². The van der Waals surface area contributed by atoms with E-state index in [0.717, 1.165) is 19.3 Å². The zero-order valence-electron chi connectivity index (χ0n) is 13.6. The number of hydrogen-bond acceptors (Lipinski definition) is 2. The second kappa shape index (κ2) is 15.5. The van der Waals surface area contributed by atoms with E-state index >= 15 is 0 Å². The first-order valence-electron chi connectivity index (χ1n) is 7.26. The van der Waals surface area contributed by atoms with Crippen LogP contribution in [0.4, 0.5) is 0 Å². The van der Waals surface area contributed by atoms with Crippen molar-refractivity contribution in [1.82, 2.24) is 0 Å². The third-order valence-corrected chi connectivity index (χ3v) is 3.53. The van der Waals surface area contributed by atoms with Gasteiger partial charge >= 0.3 is 37.4 Å². The molecule has 0 radical (unpaired) electrons. The molecule has 0 saturated carbocycles. The minimum absolute atomic E-state index is 0. The van der Waals surface area contributed by atoms with E-state index in [1.54, 1.807) is 0 Å². The number of unbranched alkanes of at least 4 members (excludes halogenated alkanes) is 10. The summed E-state index contributed by atoms with van der Waals surface area (Å²) in [6, 6.07) is 0. The second-order valence-corrected chi connectivity index (χ2v) is 6.10. The summed E-state index contributed by atoms with van der Waals surface area (Å²) < 4.78 is 14.8. The fourth-order valence-electron chi connectivity index (χ4n) is 1.95. The predicted octanol–water partition coefficient (Wildman–Crippen LogP) is 1.52. The van der Waals surface area contributed by atoms with Crippen molar-refractivity contribution in [2.75, 3.05) is 6.61 Å². The van der Waals surface area contributed by atoms with E-state index in [4.69, 9.17) is 9.79 Å². The van der Waals surface area contributed by atoms with Crippen LogP contribution >= 0.6 is 7.82 Å². The van der Waals surface area contributed by atoms with Crippen LogP contribution in [-0.2, 0) is 9.09 Å². The molecule has 0 saturated heterocycles. The van der Waals surface area contributed by atoms with Crippen LogP contribution in [0.15, 0.2) is 0 Å². The van der Waals surface area contributed by atoms with Crippen molar-refractivity contribution < 1.29 is 49.9 Å². The third kappa shape index (κ3) is 21.6. The van der Waals surface area contributed by atoms with Crippen molar-refractivity contribution in [2.45, 2.75) is 77.6 Å². The molecule has 6 heteroatoms. The van der Waals surface area contributed by atoms with E-state index in [0.29, 0.717) is 0 Å². The maximum Gasteiger partial charge on any atom is 1.00 e. The van der Waals surface area contributed by atoms with Gasteiger partial charge in [-0.2, -0.15) is 0 Å². The van der Waals surface area contributed by atoms with Gasteiger partial charge in [0.25, 0.3) is 0 Å². The third-order valence-electron chi connectivity index (χ3n) is 3.01. The largest absolute Gasteiger partial charge is 1.00 e. The fraction of sp³-hybridized carbons (Fsp3) is 1.00. The Labute approximate surface area is 141 Å². The summed E-state index contributed by atoms with van der Waals surface area (Å²) in [6.07, 6.45) is 13.5. The van der Waals surface area contributed by atoms with E-state index in [2.05, 4.69) is 11.4 Å². The average Bonchev–Trinajstić information content (AvgIpc) is 2.29. The molecule has 2 N–H and O–H groups in total. The molecule has 0 aromatic heterocycles. The Morgan fingerprint density at radius 3 is 1.58 bits per heavy atom. The molecular formula is C13H30NaO4P. The van der Waals surface area contributed by atoms with Crippen LogP contribution in [-0.4, -0.2) is 16.4 Å². The first-order valence-corrected chi connectivity index (χ1v) is 8.79. The topological polar surface area (TPSA) is 66.8 Å². The van der Waals surface area contributed by atoms with Crippen molar-refractivity contribution in [1.29, 1.82) is 0 Å². The fourth-order valence-corrected chi connectivity index (χ4v) is 2.32. The standard InChI is InChI=1S/C13H29O4P.Na.H/c1-2-3-4-5-6-7-8-9-10-11-12-13-17-18(14,15)16;;/h2-13H2,1H3,(H2,14,15,16);;/q;+1;-1. The molecule has 0 aromatic rings. The molecule has 0 aliphatic heterocycles. The molecule has 0 unspecified atom stereocenters. The summed E-state index contributed by atoms with van der Waals surface area (Å²) in [4.78, 5) is 16.9. The molecule has 4 nitrogen and oxygen atoms in total. The van der Waals surface area contributed by atoms with Gasteiger partial charge in [0.1, 0.15) is 0 Å². The van der Waals surface area contributed by atoms with Crippen molar-refractivity contribution in [3.63, 3.8) is 0 Å². The zero-order chi connectivity index (χ0) is 13.7. The summed E-state index contributed by atoms with van der Waals surface area (Å²) in [6.45, 7) is 2.40. The van der Waals surface area contributed by atoms with Gasteiger partial charge in [-0.05, 0) is 6.42 Å². The van der Waals surface area contributed by atoms with Gasteiger partial charge in [0, 0.05) is 0 Å². The van der Waals surface area contributed by atoms with Crippen LogP contribution in [0.3, 0.4) is 0 Å². The van der Waals surface area contributed by atoms with Gasteiger partial charge in [0.15, 0.2) is 0 Å². The maximum absolute atomic E-state index is 10.4. The van der Waals surface area contributed by atoms with Crippen LogP contribution < -0.4 is 29.6 Å². The molecule has 0 bridgehead atoms. The summed E-state index contributed by atoms with van der Waals surface area (Å²) in [5.74, 6) is 0. The minimum atomic E-state index is -4.25. The van der Waals surface area contributed by atoms with Crippen LogP contribution in [0.2, 0.25) is 0 Å². The van der Waals surface area contributed by atoms with Crippen molar-refractivity contribution in [3.05, 3.63) is 0 Å². The van der Waals surface area contributed by atoms with Crippen LogP contribution in [0.25, 0.3) is 0 Å². The smallest absolute Gasteiger partial charge is 1.00 e. The van der Waals surface area contributed by atoms with E-state index < -0.39 is 7.82 Å². The maximum atomic E-state index is 10.4. The Hall–Kier alpha value is 1.11. The molecule has 0 amide bonds. The number of phosphoric ester groups is 1. The Balaban J connectivity index is -0.00000144.